The van der Waals surface area contributed by atoms with Crippen LogP contribution in [0.3, 0.4) is 0 Å². The van der Waals surface area contributed by atoms with Gasteiger partial charge in [0.2, 0.25) is 10.9 Å². The van der Waals surface area contributed by atoms with Crippen molar-refractivity contribution in [3.63, 3.8) is 0 Å². The molecule has 0 spiro atoms. The highest BCUT2D eigenvalue weighted by molar-refractivity contribution is 6.31. The molecule has 0 aliphatic carbocycles. The zero-order valence-electron chi connectivity index (χ0n) is 12.6. The molecule has 2 rings (SSSR count). The molecule has 22 heavy (non-hydrogen) atoms. The number of nitrogens with zero attached hydrogens (tertiary/aromatic N) is 2. The second kappa shape index (κ2) is 5.91. The number of rotatable bonds is 4. The quantitative estimate of drug-likeness (QED) is 0.690. The van der Waals surface area contributed by atoms with Gasteiger partial charge in [0.1, 0.15) is 5.69 Å². The Morgan fingerprint density at radius 1 is 1.27 bits per heavy atom. The fourth-order valence-corrected chi connectivity index (χ4v) is 2.25. The van der Waals surface area contributed by atoms with Gasteiger partial charge in [-0.05, 0) is 38.5 Å². The monoisotopic (exact) mass is 317 g/mol. The third-order valence-corrected chi connectivity index (χ3v) is 3.35. The van der Waals surface area contributed by atoms with Gasteiger partial charge in [0, 0.05) is 16.6 Å². The summed E-state index contributed by atoms with van der Waals surface area (Å²) in [5.41, 5.74) is 3.42. The lowest BCUT2D eigenvalue weighted by atomic mass is 10.1. The van der Waals surface area contributed by atoms with Gasteiger partial charge in [0.25, 0.3) is 0 Å². The number of hydrazine groups is 1. The van der Waals surface area contributed by atoms with Crippen molar-refractivity contribution >= 4 is 17.3 Å². The normalized spacial score (nSPS) is 11.4. The largest absolute Gasteiger partial charge is 0.299 e. The molecule has 0 saturated carbocycles. The van der Waals surface area contributed by atoms with Gasteiger partial charge in [-0.1, -0.05) is 17.7 Å². The third kappa shape index (κ3) is 3.53. The minimum Gasteiger partial charge on any atom is -0.299 e. The number of hydrogen-bond acceptors (Lipinski definition) is 5. The van der Waals surface area contributed by atoms with Crippen molar-refractivity contribution in [3.8, 4) is 6.07 Å². The highest BCUT2D eigenvalue weighted by Crippen LogP contribution is 2.21. The minimum atomic E-state index is -0.512. The van der Waals surface area contributed by atoms with Gasteiger partial charge in [0.05, 0.1) is 18.2 Å². The predicted octanol–water partition coefficient (Wildman–Crippen LogP) is 2.12. The fourth-order valence-electron chi connectivity index (χ4n) is 2.01. The van der Waals surface area contributed by atoms with E-state index in [0.717, 1.165) is 5.56 Å². The van der Waals surface area contributed by atoms with Crippen LogP contribution in [0.2, 0.25) is 5.02 Å². The summed E-state index contributed by atoms with van der Waals surface area (Å²) in [6, 6.07) is 8.31. The lowest BCUT2D eigenvalue weighted by Crippen LogP contribution is -2.53. The molecule has 0 saturated heterocycles. The SMILES string of the molecule is CC(C)(C)NN(Cc1ccc(C#N)cc1Cl)c1cc(=O)c1=O. The van der Waals surface area contributed by atoms with Gasteiger partial charge in [-0.25, -0.2) is 5.43 Å². The van der Waals surface area contributed by atoms with Gasteiger partial charge >= 0.3 is 0 Å². The Bertz CT molecular complexity index is 808. The van der Waals surface area contributed by atoms with Crippen molar-refractivity contribution in [3.05, 3.63) is 60.9 Å². The Hall–Kier alpha value is -2.16. The first-order valence-electron chi connectivity index (χ1n) is 6.75. The van der Waals surface area contributed by atoms with Crippen LogP contribution < -0.4 is 21.3 Å². The lowest BCUT2D eigenvalue weighted by Gasteiger charge is -2.33. The fraction of sp³-hybridized carbons (Fsp3) is 0.312. The van der Waals surface area contributed by atoms with Crippen molar-refractivity contribution in [2.75, 3.05) is 5.01 Å². The molecule has 6 heteroatoms. The second-order valence-electron chi connectivity index (χ2n) is 6.09. The van der Waals surface area contributed by atoms with Crippen LogP contribution in [-0.2, 0) is 6.54 Å². The van der Waals surface area contributed by atoms with Crippen molar-refractivity contribution in [2.24, 2.45) is 0 Å². The number of nitriles is 1. The van der Waals surface area contributed by atoms with Gasteiger partial charge in [-0.2, -0.15) is 5.26 Å². The summed E-state index contributed by atoms with van der Waals surface area (Å²) in [4.78, 5) is 22.9. The Morgan fingerprint density at radius 3 is 2.41 bits per heavy atom. The summed E-state index contributed by atoms with van der Waals surface area (Å²) < 4.78 is 0. The average Bonchev–Trinajstić information content (AvgIpc) is 2.44. The standard InChI is InChI=1S/C16H16ClN3O2/c1-16(2,3)19-20(13-7-14(21)15(13)22)9-11-5-4-10(8-18)6-12(11)17/h4-7,19H,9H2,1-3H3. The molecule has 114 valence electrons. The molecule has 0 heterocycles. The van der Waals surface area contributed by atoms with Gasteiger partial charge in [-0.3, -0.25) is 14.6 Å². The van der Waals surface area contributed by atoms with Crippen LogP contribution in [0.4, 0.5) is 5.69 Å². The summed E-state index contributed by atoms with van der Waals surface area (Å²) in [6.45, 7) is 6.16. The topological polar surface area (TPSA) is 73.2 Å². The van der Waals surface area contributed by atoms with E-state index >= 15 is 0 Å². The van der Waals surface area contributed by atoms with E-state index in [2.05, 4.69) is 5.43 Å². The number of benzene rings is 1. The molecule has 2 aromatic carbocycles. The van der Waals surface area contributed by atoms with E-state index in [-0.39, 0.29) is 5.54 Å². The first kappa shape index (κ1) is 16.2. The van der Waals surface area contributed by atoms with Gasteiger partial charge in [-0.15, -0.1) is 0 Å². The number of halogens is 1. The molecule has 5 nitrogen and oxygen atoms in total. The van der Waals surface area contributed by atoms with Crippen molar-refractivity contribution < 1.29 is 0 Å². The minimum absolute atomic E-state index is 0.293. The predicted molar refractivity (Wildman–Crippen MR) is 86.6 cm³/mol. The first-order chi connectivity index (χ1) is 10.2. The molecule has 0 fully saturated rings. The Balaban J connectivity index is 2.32. The van der Waals surface area contributed by atoms with E-state index in [4.69, 9.17) is 16.9 Å². The maximum atomic E-state index is 11.7. The van der Waals surface area contributed by atoms with Gasteiger partial charge < -0.3 is 0 Å². The summed E-state index contributed by atoms with van der Waals surface area (Å²) in [5.74, 6) is 0. The summed E-state index contributed by atoms with van der Waals surface area (Å²) in [5, 5.41) is 10.9. The molecule has 0 aliphatic heterocycles. The van der Waals surface area contributed by atoms with E-state index in [0.29, 0.717) is 22.8 Å². The van der Waals surface area contributed by atoms with Crippen molar-refractivity contribution in [1.82, 2.24) is 5.43 Å². The number of hydrogen-bond donors (Lipinski definition) is 1. The Kier molecular flexibility index (Phi) is 4.36. The zero-order chi connectivity index (χ0) is 16.5. The van der Waals surface area contributed by atoms with E-state index < -0.39 is 10.9 Å². The van der Waals surface area contributed by atoms with Crippen LogP contribution >= 0.6 is 11.6 Å². The Labute approximate surface area is 133 Å². The van der Waals surface area contributed by atoms with E-state index in [1.54, 1.807) is 23.2 Å². The van der Waals surface area contributed by atoms with Crippen LogP contribution in [0, 0.1) is 11.3 Å². The Morgan fingerprint density at radius 2 is 1.95 bits per heavy atom. The third-order valence-electron chi connectivity index (χ3n) is 3.00. The van der Waals surface area contributed by atoms with E-state index in [1.807, 2.05) is 26.8 Å². The van der Waals surface area contributed by atoms with Gasteiger partial charge in [0.15, 0.2) is 0 Å². The molecule has 0 aromatic heterocycles. The molecule has 1 N–H and O–H groups in total. The summed E-state index contributed by atoms with van der Waals surface area (Å²) in [7, 11) is 0. The first-order valence-corrected chi connectivity index (χ1v) is 7.13. The van der Waals surface area contributed by atoms with Crippen LogP contribution in [0.25, 0.3) is 0 Å². The molecule has 0 amide bonds. The van der Waals surface area contributed by atoms with Crippen molar-refractivity contribution in [2.45, 2.75) is 32.9 Å². The maximum absolute atomic E-state index is 11.7. The van der Waals surface area contributed by atoms with Crippen LogP contribution in [-0.4, -0.2) is 5.54 Å². The van der Waals surface area contributed by atoms with Crippen molar-refractivity contribution in [1.29, 1.82) is 5.26 Å². The summed E-state index contributed by atoms with van der Waals surface area (Å²) >= 11 is 6.18. The number of anilines is 1. The summed E-state index contributed by atoms with van der Waals surface area (Å²) in [6.07, 6.45) is 0. The molecule has 0 unspecified atom stereocenters. The molecule has 0 bridgehead atoms. The highest BCUT2D eigenvalue weighted by atomic mass is 35.5. The van der Waals surface area contributed by atoms with E-state index in [1.165, 1.54) is 6.07 Å². The number of nitrogens with one attached hydrogen (secondary N) is 1. The highest BCUT2D eigenvalue weighted by Gasteiger charge is 2.22. The molecule has 0 aliphatic rings. The molecular weight excluding hydrogens is 302 g/mol. The smallest absolute Gasteiger partial charge is 0.250 e. The van der Waals surface area contributed by atoms with Crippen LogP contribution in [0.5, 0.6) is 0 Å². The molecular formula is C16H16ClN3O2. The zero-order valence-corrected chi connectivity index (χ0v) is 13.4. The van der Waals surface area contributed by atoms with Crippen LogP contribution in [0.15, 0.2) is 33.9 Å². The average molecular weight is 318 g/mol. The molecule has 0 atom stereocenters. The second-order valence-corrected chi connectivity index (χ2v) is 6.50. The van der Waals surface area contributed by atoms with Crippen LogP contribution in [0.1, 0.15) is 31.9 Å². The maximum Gasteiger partial charge on any atom is 0.250 e. The van der Waals surface area contributed by atoms with E-state index in [9.17, 15) is 9.59 Å². The molecule has 2 aromatic rings. The lowest BCUT2D eigenvalue weighted by molar-refractivity contribution is 0.403. The molecule has 0 radical (unpaired) electrons.